The number of nitrogens with one attached hydrogen (secondary N) is 1. The van der Waals surface area contributed by atoms with Gasteiger partial charge in [-0.1, -0.05) is 34.8 Å². The second kappa shape index (κ2) is 5.36. The molecular formula is C13H16BrFN2O. The van der Waals surface area contributed by atoms with Crippen molar-refractivity contribution in [1.82, 2.24) is 5.32 Å². The van der Waals surface area contributed by atoms with Gasteiger partial charge in [0, 0.05) is 11.0 Å². The molecule has 1 amide bonds. The Hall–Kier alpha value is -0.940. The monoisotopic (exact) mass is 314 g/mol. The fourth-order valence-corrected chi connectivity index (χ4v) is 2.74. The van der Waals surface area contributed by atoms with E-state index in [1.54, 1.807) is 6.07 Å². The number of benzene rings is 1. The lowest BCUT2D eigenvalue weighted by Gasteiger charge is -2.22. The Kier molecular flexibility index (Phi) is 4.02. The summed E-state index contributed by atoms with van der Waals surface area (Å²) in [6.45, 7) is 0.360. The molecule has 5 heteroatoms. The van der Waals surface area contributed by atoms with Crippen LogP contribution in [-0.2, 0) is 11.3 Å². The summed E-state index contributed by atoms with van der Waals surface area (Å²) in [4.78, 5) is 12.0. The summed E-state index contributed by atoms with van der Waals surface area (Å²) in [7, 11) is 0. The van der Waals surface area contributed by atoms with Crippen molar-refractivity contribution in [3.63, 3.8) is 0 Å². The second-order valence-corrected chi connectivity index (χ2v) is 5.64. The van der Waals surface area contributed by atoms with Crippen LogP contribution in [0.4, 0.5) is 4.39 Å². The van der Waals surface area contributed by atoms with Gasteiger partial charge in [-0.3, -0.25) is 4.79 Å². The van der Waals surface area contributed by atoms with Crippen LogP contribution in [0.2, 0.25) is 0 Å². The van der Waals surface area contributed by atoms with Gasteiger partial charge in [0.05, 0.1) is 5.54 Å². The Balaban J connectivity index is 1.97. The molecule has 1 aliphatic rings. The molecule has 18 heavy (non-hydrogen) atoms. The zero-order chi connectivity index (χ0) is 13.2. The molecule has 0 spiro atoms. The molecular weight excluding hydrogens is 299 g/mol. The molecule has 98 valence electrons. The maximum atomic E-state index is 12.9. The van der Waals surface area contributed by atoms with Crippen molar-refractivity contribution in [3.8, 4) is 0 Å². The Morgan fingerprint density at radius 2 is 2.11 bits per heavy atom. The van der Waals surface area contributed by atoms with Crippen LogP contribution < -0.4 is 11.1 Å². The summed E-state index contributed by atoms with van der Waals surface area (Å²) in [5, 5.41) is 2.83. The third-order valence-electron chi connectivity index (χ3n) is 3.40. The van der Waals surface area contributed by atoms with Crippen molar-refractivity contribution in [2.45, 2.75) is 37.8 Å². The second-order valence-electron chi connectivity index (χ2n) is 4.78. The van der Waals surface area contributed by atoms with Gasteiger partial charge in [0.2, 0.25) is 5.91 Å². The molecule has 1 fully saturated rings. The molecule has 1 aromatic carbocycles. The molecule has 3 N–H and O–H groups in total. The highest BCUT2D eigenvalue weighted by Crippen LogP contribution is 2.27. The van der Waals surface area contributed by atoms with Crippen molar-refractivity contribution in [2.75, 3.05) is 0 Å². The minimum Gasteiger partial charge on any atom is -0.350 e. The summed E-state index contributed by atoms with van der Waals surface area (Å²) in [6.07, 6.45) is 3.49. The molecule has 2 rings (SSSR count). The molecule has 0 heterocycles. The predicted octanol–water partition coefficient (Wildman–Crippen LogP) is 2.48. The first-order valence-electron chi connectivity index (χ1n) is 6.02. The molecule has 0 saturated heterocycles. The van der Waals surface area contributed by atoms with E-state index >= 15 is 0 Å². The number of hydrogen-bond donors (Lipinski definition) is 2. The lowest BCUT2D eigenvalue weighted by atomic mass is 9.98. The van der Waals surface area contributed by atoms with Crippen LogP contribution in [-0.4, -0.2) is 11.4 Å². The minimum atomic E-state index is -0.716. The third kappa shape index (κ3) is 2.90. The number of hydrogen-bond acceptors (Lipinski definition) is 2. The van der Waals surface area contributed by atoms with Crippen LogP contribution >= 0.6 is 15.9 Å². The van der Waals surface area contributed by atoms with E-state index in [0.717, 1.165) is 31.2 Å². The van der Waals surface area contributed by atoms with Crippen LogP contribution in [0.3, 0.4) is 0 Å². The van der Waals surface area contributed by atoms with Crippen LogP contribution in [0.15, 0.2) is 22.7 Å². The number of rotatable bonds is 3. The van der Waals surface area contributed by atoms with Gasteiger partial charge in [-0.15, -0.1) is 0 Å². The summed E-state index contributed by atoms with van der Waals surface area (Å²) in [5.41, 5.74) is 6.17. The highest BCUT2D eigenvalue weighted by atomic mass is 79.9. The van der Waals surface area contributed by atoms with Crippen molar-refractivity contribution >= 4 is 21.8 Å². The Morgan fingerprint density at radius 3 is 2.72 bits per heavy atom. The van der Waals surface area contributed by atoms with E-state index in [4.69, 9.17) is 5.73 Å². The number of nitrogens with two attached hydrogens (primary N) is 1. The first-order valence-corrected chi connectivity index (χ1v) is 6.82. The van der Waals surface area contributed by atoms with Crippen LogP contribution in [0.1, 0.15) is 31.2 Å². The lowest BCUT2D eigenvalue weighted by Crippen LogP contribution is -2.51. The molecule has 1 saturated carbocycles. The molecule has 3 nitrogen and oxygen atoms in total. The largest absolute Gasteiger partial charge is 0.350 e. The van der Waals surface area contributed by atoms with E-state index in [1.807, 2.05) is 0 Å². The summed E-state index contributed by atoms with van der Waals surface area (Å²) < 4.78 is 13.6. The van der Waals surface area contributed by atoms with E-state index in [-0.39, 0.29) is 11.7 Å². The zero-order valence-electron chi connectivity index (χ0n) is 10.0. The van der Waals surface area contributed by atoms with Crippen molar-refractivity contribution in [2.24, 2.45) is 5.73 Å². The van der Waals surface area contributed by atoms with Gasteiger partial charge in [0.1, 0.15) is 5.82 Å². The number of carbonyl (C=O) groups is 1. The fourth-order valence-electron chi connectivity index (χ4n) is 2.25. The van der Waals surface area contributed by atoms with E-state index in [2.05, 4.69) is 21.2 Å². The Morgan fingerprint density at radius 1 is 1.44 bits per heavy atom. The Bertz CT molecular complexity index is 458. The summed E-state index contributed by atoms with van der Waals surface area (Å²) >= 11 is 3.27. The third-order valence-corrected chi connectivity index (χ3v) is 4.14. The molecule has 0 bridgehead atoms. The van der Waals surface area contributed by atoms with Gasteiger partial charge in [-0.2, -0.15) is 0 Å². The predicted molar refractivity (Wildman–Crippen MR) is 71.3 cm³/mol. The van der Waals surface area contributed by atoms with E-state index in [9.17, 15) is 9.18 Å². The average Bonchev–Trinajstić information content (AvgIpc) is 2.76. The molecule has 0 aliphatic heterocycles. The normalized spacial score (nSPS) is 17.7. The van der Waals surface area contributed by atoms with Gasteiger partial charge in [0.15, 0.2) is 0 Å². The molecule has 0 atom stereocenters. The zero-order valence-corrected chi connectivity index (χ0v) is 11.6. The van der Waals surface area contributed by atoms with Gasteiger partial charge < -0.3 is 11.1 Å². The minimum absolute atomic E-state index is 0.115. The van der Waals surface area contributed by atoms with Crippen LogP contribution in [0.5, 0.6) is 0 Å². The highest BCUT2D eigenvalue weighted by Gasteiger charge is 2.36. The molecule has 0 radical (unpaired) electrons. The van der Waals surface area contributed by atoms with Crippen molar-refractivity contribution in [1.29, 1.82) is 0 Å². The maximum Gasteiger partial charge on any atom is 0.240 e. The van der Waals surface area contributed by atoms with Crippen LogP contribution in [0, 0.1) is 5.82 Å². The molecule has 1 aliphatic carbocycles. The van der Waals surface area contributed by atoms with Gasteiger partial charge in [-0.25, -0.2) is 4.39 Å². The molecule has 0 aromatic heterocycles. The highest BCUT2D eigenvalue weighted by molar-refractivity contribution is 9.10. The smallest absolute Gasteiger partial charge is 0.240 e. The molecule has 1 aromatic rings. The summed E-state index contributed by atoms with van der Waals surface area (Å²) in [5.74, 6) is -0.417. The lowest BCUT2D eigenvalue weighted by molar-refractivity contribution is -0.126. The van der Waals surface area contributed by atoms with E-state index in [1.165, 1.54) is 12.1 Å². The number of carbonyl (C=O) groups excluding carboxylic acids is 1. The summed E-state index contributed by atoms with van der Waals surface area (Å²) in [6, 6.07) is 4.41. The van der Waals surface area contributed by atoms with Crippen molar-refractivity contribution in [3.05, 3.63) is 34.1 Å². The Labute approximate surface area is 114 Å². The maximum absolute atomic E-state index is 12.9. The first kappa shape index (κ1) is 13.5. The molecule has 0 unspecified atom stereocenters. The number of amides is 1. The topological polar surface area (TPSA) is 55.1 Å². The standard InChI is InChI=1S/C13H16BrFN2O/c14-11-7-10(15)4-3-9(11)8-17-12(18)13(16)5-1-2-6-13/h3-4,7H,1-2,5-6,8,16H2,(H,17,18). The van der Waals surface area contributed by atoms with Gasteiger partial charge >= 0.3 is 0 Å². The van der Waals surface area contributed by atoms with Crippen LogP contribution in [0.25, 0.3) is 0 Å². The van der Waals surface area contributed by atoms with Crippen molar-refractivity contribution < 1.29 is 9.18 Å². The number of halogens is 2. The quantitative estimate of drug-likeness (QED) is 0.900. The average molecular weight is 315 g/mol. The SMILES string of the molecule is NC1(C(=O)NCc2ccc(F)cc2Br)CCCC1. The van der Waals surface area contributed by atoms with Gasteiger partial charge in [0.25, 0.3) is 0 Å². The first-order chi connectivity index (χ1) is 8.51. The fraction of sp³-hybridized carbons (Fsp3) is 0.462. The van der Waals surface area contributed by atoms with E-state index in [0.29, 0.717) is 11.0 Å². The van der Waals surface area contributed by atoms with E-state index < -0.39 is 5.54 Å². The van der Waals surface area contributed by atoms with Gasteiger partial charge in [-0.05, 0) is 30.5 Å².